The number of nitrogens with two attached hydrogens (primary N) is 2. The highest BCUT2D eigenvalue weighted by Crippen LogP contribution is 2.33. The molecule has 1 amide bonds. The SMILES string of the molecule is Cc1nc(N)nc(N2CCC(NC(=O)C3CCCCC3)CC2)c1-c1ccc(N)nc1. The van der Waals surface area contributed by atoms with E-state index in [1.165, 1.54) is 19.3 Å². The average Bonchev–Trinajstić information content (AvgIpc) is 2.75. The minimum atomic E-state index is 0.200. The van der Waals surface area contributed by atoms with Gasteiger partial charge in [-0.1, -0.05) is 19.3 Å². The number of anilines is 3. The molecule has 0 spiro atoms. The molecular formula is C22H31N7O. The molecule has 4 rings (SSSR count). The number of nitrogens with zero attached hydrogens (tertiary/aromatic N) is 4. The molecule has 2 aromatic heterocycles. The molecule has 5 N–H and O–H groups in total. The highest BCUT2D eigenvalue weighted by Gasteiger charge is 2.28. The summed E-state index contributed by atoms with van der Waals surface area (Å²) in [5.41, 5.74) is 14.4. The summed E-state index contributed by atoms with van der Waals surface area (Å²) in [4.78, 5) is 28.0. The normalized spacial score (nSPS) is 18.4. The average molecular weight is 410 g/mol. The number of nitrogens with one attached hydrogen (secondary N) is 1. The molecule has 2 fully saturated rings. The number of carbonyl (C=O) groups excluding carboxylic acids is 1. The first kappa shape index (κ1) is 20.4. The topological polar surface area (TPSA) is 123 Å². The Labute approximate surface area is 177 Å². The van der Waals surface area contributed by atoms with E-state index in [4.69, 9.17) is 11.5 Å². The Hall–Kier alpha value is -2.90. The molecule has 2 aromatic rings. The van der Waals surface area contributed by atoms with Gasteiger partial charge in [0.05, 0.1) is 5.69 Å². The van der Waals surface area contributed by atoms with E-state index < -0.39 is 0 Å². The van der Waals surface area contributed by atoms with Gasteiger partial charge < -0.3 is 21.7 Å². The Balaban J connectivity index is 1.46. The summed E-state index contributed by atoms with van der Waals surface area (Å²) in [7, 11) is 0. The smallest absolute Gasteiger partial charge is 0.223 e. The molecule has 3 heterocycles. The van der Waals surface area contributed by atoms with Gasteiger partial charge in [-0.15, -0.1) is 0 Å². The van der Waals surface area contributed by atoms with Crippen LogP contribution in [0.1, 0.15) is 50.6 Å². The zero-order valence-corrected chi connectivity index (χ0v) is 17.6. The molecule has 1 saturated carbocycles. The van der Waals surface area contributed by atoms with Crippen LogP contribution in [0.2, 0.25) is 0 Å². The van der Waals surface area contributed by atoms with Crippen molar-refractivity contribution in [2.45, 2.75) is 57.9 Å². The van der Waals surface area contributed by atoms with Gasteiger partial charge in [0.25, 0.3) is 0 Å². The summed E-state index contributed by atoms with van der Waals surface area (Å²) >= 11 is 0. The number of pyridine rings is 1. The van der Waals surface area contributed by atoms with E-state index >= 15 is 0 Å². The first-order valence-electron chi connectivity index (χ1n) is 10.9. The molecule has 30 heavy (non-hydrogen) atoms. The summed E-state index contributed by atoms with van der Waals surface area (Å²) < 4.78 is 0. The third-order valence-electron chi connectivity index (χ3n) is 6.28. The summed E-state index contributed by atoms with van der Waals surface area (Å²) in [6.45, 7) is 3.55. The lowest BCUT2D eigenvalue weighted by Gasteiger charge is -2.35. The number of aryl methyl sites for hydroxylation is 1. The van der Waals surface area contributed by atoms with Gasteiger partial charge in [-0.05, 0) is 44.7 Å². The van der Waals surface area contributed by atoms with E-state index in [1.807, 2.05) is 13.0 Å². The quantitative estimate of drug-likeness (QED) is 0.709. The van der Waals surface area contributed by atoms with Crippen LogP contribution < -0.4 is 21.7 Å². The van der Waals surface area contributed by atoms with Gasteiger partial charge in [0.15, 0.2) is 0 Å². The summed E-state index contributed by atoms with van der Waals surface area (Å²) in [5.74, 6) is 2.00. The Kier molecular flexibility index (Phi) is 6.01. The minimum Gasteiger partial charge on any atom is -0.384 e. The maximum Gasteiger partial charge on any atom is 0.223 e. The Bertz CT molecular complexity index is 885. The maximum atomic E-state index is 12.6. The largest absolute Gasteiger partial charge is 0.384 e. The molecule has 0 atom stereocenters. The fourth-order valence-electron chi connectivity index (χ4n) is 4.62. The third kappa shape index (κ3) is 4.47. The minimum absolute atomic E-state index is 0.200. The number of aromatic nitrogens is 3. The molecule has 0 aromatic carbocycles. The van der Waals surface area contributed by atoms with Crippen LogP contribution in [0.15, 0.2) is 18.3 Å². The molecule has 0 radical (unpaired) electrons. The van der Waals surface area contributed by atoms with Crippen molar-refractivity contribution in [3.8, 4) is 11.1 Å². The molecule has 8 heteroatoms. The second kappa shape index (κ2) is 8.85. The number of amides is 1. The molecule has 8 nitrogen and oxygen atoms in total. The highest BCUT2D eigenvalue weighted by molar-refractivity contribution is 5.80. The fourth-order valence-corrected chi connectivity index (χ4v) is 4.62. The maximum absolute atomic E-state index is 12.6. The van der Waals surface area contributed by atoms with Crippen molar-refractivity contribution in [1.82, 2.24) is 20.3 Å². The summed E-state index contributed by atoms with van der Waals surface area (Å²) in [6.07, 6.45) is 9.20. The Morgan fingerprint density at radius 3 is 2.47 bits per heavy atom. The van der Waals surface area contributed by atoms with Gasteiger partial charge >= 0.3 is 0 Å². The Morgan fingerprint density at radius 2 is 1.80 bits per heavy atom. The molecule has 2 aliphatic rings. The first-order valence-corrected chi connectivity index (χ1v) is 10.9. The van der Waals surface area contributed by atoms with Gasteiger partial charge in [-0.3, -0.25) is 4.79 Å². The lowest BCUT2D eigenvalue weighted by Crippen LogP contribution is -2.47. The van der Waals surface area contributed by atoms with Crippen LogP contribution in [0.3, 0.4) is 0 Å². The van der Waals surface area contributed by atoms with Gasteiger partial charge in [0.2, 0.25) is 11.9 Å². The fraction of sp³-hybridized carbons (Fsp3) is 0.545. The van der Waals surface area contributed by atoms with Gasteiger partial charge in [0.1, 0.15) is 11.6 Å². The molecule has 0 unspecified atom stereocenters. The number of piperidine rings is 1. The third-order valence-corrected chi connectivity index (χ3v) is 6.28. The van der Waals surface area contributed by atoms with E-state index in [2.05, 4.69) is 25.2 Å². The second-order valence-corrected chi connectivity index (χ2v) is 8.44. The van der Waals surface area contributed by atoms with E-state index in [0.29, 0.717) is 5.82 Å². The monoisotopic (exact) mass is 409 g/mol. The van der Waals surface area contributed by atoms with Gasteiger partial charge in [-0.25, -0.2) is 9.97 Å². The van der Waals surface area contributed by atoms with Crippen molar-refractivity contribution < 1.29 is 4.79 Å². The Morgan fingerprint density at radius 1 is 1.07 bits per heavy atom. The number of rotatable bonds is 4. The predicted molar refractivity (Wildman–Crippen MR) is 119 cm³/mol. The molecule has 1 aliphatic heterocycles. The van der Waals surface area contributed by atoms with Crippen LogP contribution in [0, 0.1) is 12.8 Å². The number of hydrogen-bond acceptors (Lipinski definition) is 7. The van der Waals surface area contributed by atoms with Crippen molar-refractivity contribution in [2.24, 2.45) is 5.92 Å². The van der Waals surface area contributed by atoms with Gasteiger partial charge in [-0.2, -0.15) is 4.98 Å². The molecule has 1 saturated heterocycles. The van der Waals surface area contributed by atoms with Crippen LogP contribution in [0.5, 0.6) is 0 Å². The number of nitrogen functional groups attached to an aromatic ring is 2. The second-order valence-electron chi connectivity index (χ2n) is 8.44. The van der Waals surface area contributed by atoms with Crippen molar-refractivity contribution in [3.63, 3.8) is 0 Å². The van der Waals surface area contributed by atoms with E-state index in [9.17, 15) is 4.79 Å². The predicted octanol–water partition coefficient (Wildman–Crippen LogP) is 2.68. The van der Waals surface area contributed by atoms with Crippen molar-refractivity contribution in [2.75, 3.05) is 29.5 Å². The van der Waals surface area contributed by atoms with E-state index in [-0.39, 0.29) is 23.8 Å². The summed E-state index contributed by atoms with van der Waals surface area (Å²) in [6, 6.07) is 3.94. The van der Waals surface area contributed by atoms with E-state index in [1.54, 1.807) is 12.3 Å². The van der Waals surface area contributed by atoms with Gasteiger partial charge in [0, 0.05) is 42.4 Å². The van der Waals surface area contributed by atoms with Crippen LogP contribution in [-0.4, -0.2) is 40.0 Å². The lowest BCUT2D eigenvalue weighted by atomic mass is 9.88. The number of hydrogen-bond donors (Lipinski definition) is 3. The molecule has 1 aliphatic carbocycles. The first-order chi connectivity index (χ1) is 14.5. The molecular weight excluding hydrogens is 378 g/mol. The zero-order chi connectivity index (χ0) is 21.1. The molecule has 0 bridgehead atoms. The van der Waals surface area contributed by atoms with Crippen molar-refractivity contribution in [1.29, 1.82) is 0 Å². The van der Waals surface area contributed by atoms with Crippen molar-refractivity contribution >= 4 is 23.5 Å². The van der Waals surface area contributed by atoms with E-state index in [0.717, 1.165) is 61.4 Å². The van der Waals surface area contributed by atoms with Crippen LogP contribution in [0.25, 0.3) is 11.1 Å². The van der Waals surface area contributed by atoms with Crippen LogP contribution in [-0.2, 0) is 4.79 Å². The van der Waals surface area contributed by atoms with Crippen molar-refractivity contribution in [3.05, 3.63) is 24.0 Å². The summed E-state index contributed by atoms with van der Waals surface area (Å²) in [5, 5.41) is 3.29. The lowest BCUT2D eigenvalue weighted by molar-refractivity contribution is -0.126. The number of carbonyl (C=O) groups is 1. The zero-order valence-electron chi connectivity index (χ0n) is 17.6. The molecule has 160 valence electrons. The van der Waals surface area contributed by atoms with Crippen LogP contribution >= 0.6 is 0 Å². The standard InChI is InChI=1S/C22H31N7O/c1-14-19(16-7-8-18(23)25-13-16)20(28-22(24)26-14)29-11-9-17(10-12-29)27-21(30)15-5-3-2-4-6-15/h7-8,13,15,17H,2-6,9-12H2,1H3,(H2,23,25)(H,27,30)(H2,24,26,28). The highest BCUT2D eigenvalue weighted by atomic mass is 16.1. The van der Waals surface area contributed by atoms with Crippen LogP contribution in [0.4, 0.5) is 17.6 Å².